The first kappa shape index (κ1) is 21.8. The van der Waals surface area contributed by atoms with E-state index < -0.39 is 0 Å². The van der Waals surface area contributed by atoms with Gasteiger partial charge in [0.15, 0.2) is 23.7 Å². The average molecular weight is 464 g/mol. The molecule has 2 aromatic heterocycles. The second-order valence-electron chi connectivity index (χ2n) is 7.73. The Labute approximate surface area is 200 Å². The molecule has 0 saturated heterocycles. The first-order valence-electron chi connectivity index (χ1n) is 10.8. The third-order valence-corrected chi connectivity index (χ3v) is 5.35. The van der Waals surface area contributed by atoms with Gasteiger partial charge in [-0.1, -0.05) is 30.3 Å². The molecule has 172 valence electrons. The van der Waals surface area contributed by atoms with Crippen LogP contribution in [-0.2, 0) is 9.59 Å². The van der Waals surface area contributed by atoms with E-state index in [1.807, 2.05) is 61.5 Å². The lowest BCUT2D eigenvalue weighted by Gasteiger charge is -2.09. The van der Waals surface area contributed by atoms with Crippen LogP contribution in [0.15, 0.2) is 88.0 Å². The summed E-state index contributed by atoms with van der Waals surface area (Å²) in [7, 11) is 0. The zero-order valence-corrected chi connectivity index (χ0v) is 18.7. The highest BCUT2D eigenvalue weighted by Gasteiger charge is 2.12. The quantitative estimate of drug-likeness (QED) is 0.226. The Kier molecular flexibility index (Phi) is 5.92. The molecule has 0 atom stereocenters. The van der Waals surface area contributed by atoms with Crippen LogP contribution in [-0.4, -0.2) is 22.5 Å². The number of aryl methyl sites for hydroxylation is 1. The SMILES string of the molecule is Cc1ccc(N/C=C(/C=O)c2nc3ccccc3o2)cc1N/C=C(/C=O)c1nc2ccccc2o1. The van der Waals surface area contributed by atoms with Crippen LogP contribution in [0.5, 0.6) is 0 Å². The molecule has 0 aliphatic rings. The summed E-state index contributed by atoms with van der Waals surface area (Å²) in [6, 6.07) is 20.3. The van der Waals surface area contributed by atoms with Crippen molar-refractivity contribution < 1.29 is 18.4 Å². The predicted octanol–water partition coefficient (Wildman–Crippen LogP) is 5.58. The first-order valence-corrected chi connectivity index (χ1v) is 10.8. The molecule has 0 aliphatic carbocycles. The molecule has 0 saturated carbocycles. The maximum atomic E-state index is 11.7. The van der Waals surface area contributed by atoms with Crippen LogP contribution in [0.3, 0.4) is 0 Å². The molecular formula is C27H20N4O4. The summed E-state index contributed by atoms with van der Waals surface area (Å²) in [6.07, 6.45) is 4.46. The lowest BCUT2D eigenvalue weighted by atomic mass is 10.1. The van der Waals surface area contributed by atoms with Gasteiger partial charge in [0, 0.05) is 23.8 Å². The molecule has 0 spiro atoms. The topological polar surface area (TPSA) is 110 Å². The normalized spacial score (nSPS) is 12.1. The van der Waals surface area contributed by atoms with Crippen LogP contribution in [0.1, 0.15) is 17.3 Å². The number of oxazole rings is 2. The standard InChI is InChI=1S/C27H20N4O4/c1-17-10-11-20(28-13-18(15-32)26-30-21-6-2-4-8-24(21)34-26)12-23(17)29-14-19(16-33)27-31-22-7-3-5-9-25(22)35-27/h2-16,28-29H,1H3/b18-13-,19-14-. The molecule has 2 heterocycles. The molecule has 0 unspecified atom stereocenters. The second kappa shape index (κ2) is 9.48. The maximum absolute atomic E-state index is 11.7. The van der Waals surface area contributed by atoms with Gasteiger partial charge in [-0.05, 0) is 48.9 Å². The van der Waals surface area contributed by atoms with E-state index in [1.54, 1.807) is 18.3 Å². The van der Waals surface area contributed by atoms with Gasteiger partial charge in [-0.25, -0.2) is 9.97 Å². The number of rotatable bonds is 8. The van der Waals surface area contributed by atoms with Crippen molar-refractivity contribution in [2.24, 2.45) is 0 Å². The number of aromatic nitrogens is 2. The van der Waals surface area contributed by atoms with Gasteiger partial charge in [0.2, 0.25) is 11.8 Å². The highest BCUT2D eigenvalue weighted by atomic mass is 16.4. The van der Waals surface area contributed by atoms with Crippen molar-refractivity contribution in [3.63, 3.8) is 0 Å². The molecule has 0 fully saturated rings. The number of carbonyl (C=O) groups excluding carboxylic acids is 2. The minimum atomic E-state index is 0.232. The molecule has 5 aromatic rings. The largest absolute Gasteiger partial charge is 0.436 e. The third-order valence-electron chi connectivity index (χ3n) is 5.35. The summed E-state index contributed by atoms with van der Waals surface area (Å²) in [4.78, 5) is 32.1. The van der Waals surface area contributed by atoms with E-state index in [1.165, 1.54) is 6.20 Å². The fraction of sp³-hybridized carbons (Fsp3) is 0.0370. The van der Waals surface area contributed by atoms with Gasteiger partial charge in [0.05, 0.1) is 11.1 Å². The lowest BCUT2D eigenvalue weighted by molar-refractivity contribution is -0.104. The highest BCUT2D eigenvalue weighted by molar-refractivity contribution is 6.06. The zero-order valence-electron chi connectivity index (χ0n) is 18.7. The summed E-state index contributed by atoms with van der Waals surface area (Å²) < 4.78 is 11.4. The van der Waals surface area contributed by atoms with Gasteiger partial charge in [-0.15, -0.1) is 0 Å². The Morgan fingerprint density at radius 2 is 1.29 bits per heavy atom. The lowest BCUT2D eigenvalue weighted by Crippen LogP contribution is -1.98. The number of fused-ring (bicyclic) bond motifs is 2. The van der Waals surface area contributed by atoms with E-state index in [0.29, 0.717) is 34.8 Å². The molecule has 8 heteroatoms. The average Bonchev–Trinajstić information content (AvgIpc) is 3.50. The van der Waals surface area contributed by atoms with E-state index in [0.717, 1.165) is 16.9 Å². The Hall–Kier alpha value is -4.98. The number of hydrogen-bond donors (Lipinski definition) is 2. The molecule has 0 aliphatic heterocycles. The zero-order chi connectivity index (χ0) is 24.2. The van der Waals surface area contributed by atoms with Crippen molar-refractivity contribution in [3.8, 4) is 0 Å². The van der Waals surface area contributed by atoms with E-state index in [9.17, 15) is 9.59 Å². The fourth-order valence-corrected chi connectivity index (χ4v) is 3.47. The summed E-state index contributed by atoms with van der Waals surface area (Å²) in [5, 5.41) is 6.25. The number of para-hydroxylation sites is 4. The minimum absolute atomic E-state index is 0.232. The van der Waals surface area contributed by atoms with Gasteiger partial charge in [-0.3, -0.25) is 9.59 Å². The summed E-state index contributed by atoms with van der Waals surface area (Å²) >= 11 is 0. The van der Waals surface area contributed by atoms with Gasteiger partial charge in [0.25, 0.3) is 0 Å². The molecule has 0 bridgehead atoms. The number of nitrogens with zero attached hydrogens (tertiary/aromatic N) is 2. The minimum Gasteiger partial charge on any atom is -0.436 e. The van der Waals surface area contributed by atoms with Crippen LogP contribution >= 0.6 is 0 Å². The number of anilines is 2. The third kappa shape index (κ3) is 4.58. The van der Waals surface area contributed by atoms with E-state index in [4.69, 9.17) is 8.83 Å². The molecule has 2 N–H and O–H groups in total. The van der Waals surface area contributed by atoms with Gasteiger partial charge in [0.1, 0.15) is 11.0 Å². The number of allylic oxidation sites excluding steroid dienone is 2. The smallest absolute Gasteiger partial charge is 0.232 e. The summed E-state index contributed by atoms with van der Waals surface area (Å²) in [6.45, 7) is 1.94. The van der Waals surface area contributed by atoms with Gasteiger partial charge >= 0.3 is 0 Å². The number of aldehydes is 2. The van der Waals surface area contributed by atoms with Crippen LogP contribution < -0.4 is 10.6 Å². The second-order valence-corrected chi connectivity index (χ2v) is 7.73. The van der Waals surface area contributed by atoms with Gasteiger partial charge < -0.3 is 19.5 Å². The number of benzene rings is 3. The van der Waals surface area contributed by atoms with E-state index in [2.05, 4.69) is 20.6 Å². The van der Waals surface area contributed by atoms with E-state index >= 15 is 0 Å². The van der Waals surface area contributed by atoms with Crippen molar-refractivity contribution in [2.45, 2.75) is 6.92 Å². The number of nitrogens with one attached hydrogen (secondary N) is 2. The van der Waals surface area contributed by atoms with Crippen molar-refractivity contribution in [1.82, 2.24) is 9.97 Å². The Morgan fingerprint density at radius 3 is 1.83 bits per heavy atom. The highest BCUT2D eigenvalue weighted by Crippen LogP contribution is 2.24. The van der Waals surface area contributed by atoms with Crippen LogP contribution in [0.25, 0.3) is 33.3 Å². The Morgan fingerprint density at radius 1 is 0.743 bits per heavy atom. The Bertz CT molecular complexity index is 1540. The predicted molar refractivity (Wildman–Crippen MR) is 135 cm³/mol. The maximum Gasteiger partial charge on any atom is 0.232 e. The molecule has 0 amide bonds. The number of carbonyl (C=O) groups is 2. The van der Waals surface area contributed by atoms with E-state index in [-0.39, 0.29) is 22.9 Å². The van der Waals surface area contributed by atoms with Crippen LogP contribution in [0.4, 0.5) is 11.4 Å². The molecule has 8 nitrogen and oxygen atoms in total. The molecular weight excluding hydrogens is 444 g/mol. The molecule has 0 radical (unpaired) electrons. The fourth-order valence-electron chi connectivity index (χ4n) is 3.47. The molecule has 5 rings (SSSR count). The van der Waals surface area contributed by atoms with Crippen molar-refractivity contribution in [3.05, 3.63) is 96.5 Å². The van der Waals surface area contributed by atoms with Crippen LogP contribution in [0, 0.1) is 6.92 Å². The van der Waals surface area contributed by atoms with Crippen LogP contribution in [0.2, 0.25) is 0 Å². The first-order chi connectivity index (χ1) is 17.1. The van der Waals surface area contributed by atoms with Crippen molar-refractivity contribution >= 4 is 57.3 Å². The van der Waals surface area contributed by atoms with Crippen molar-refractivity contribution in [1.29, 1.82) is 0 Å². The number of hydrogen-bond acceptors (Lipinski definition) is 8. The Balaban J connectivity index is 1.36. The monoisotopic (exact) mass is 464 g/mol. The molecule has 3 aromatic carbocycles. The van der Waals surface area contributed by atoms with Crippen molar-refractivity contribution in [2.75, 3.05) is 10.6 Å². The summed E-state index contributed by atoms with van der Waals surface area (Å²) in [5.74, 6) is 0.466. The molecule has 35 heavy (non-hydrogen) atoms. The van der Waals surface area contributed by atoms with Gasteiger partial charge in [-0.2, -0.15) is 0 Å². The summed E-state index contributed by atoms with van der Waals surface area (Å²) in [5.41, 5.74) is 5.54.